The van der Waals surface area contributed by atoms with Crippen LogP contribution in [-0.2, 0) is 4.79 Å². The zero-order valence-corrected chi connectivity index (χ0v) is 15.4. The van der Waals surface area contributed by atoms with Gasteiger partial charge >= 0.3 is 0 Å². The molecule has 1 unspecified atom stereocenters. The molecule has 0 aromatic heterocycles. The van der Waals surface area contributed by atoms with Gasteiger partial charge in [0, 0.05) is 15.7 Å². The molecule has 0 aliphatic heterocycles. The fraction of sp³-hybridized carbons (Fsp3) is 0.222. The minimum absolute atomic E-state index is 0.221. The highest BCUT2D eigenvalue weighted by Gasteiger charge is 2.11. The Labute approximate surface area is 150 Å². The average molecular weight is 390 g/mol. The molecule has 2 aromatic rings. The Bertz CT molecular complexity index is 730. The third-order valence-corrected chi connectivity index (χ3v) is 3.89. The summed E-state index contributed by atoms with van der Waals surface area (Å²) in [6.45, 7) is 3.80. The number of hydrogen-bond donors (Lipinski definition) is 2. The predicted octanol–water partition coefficient (Wildman–Crippen LogP) is 3.72. The van der Waals surface area contributed by atoms with Gasteiger partial charge in [-0.3, -0.25) is 4.79 Å². The van der Waals surface area contributed by atoms with Crippen LogP contribution in [0.15, 0.2) is 52.0 Å². The van der Waals surface area contributed by atoms with Gasteiger partial charge < -0.3 is 10.1 Å². The highest BCUT2D eigenvalue weighted by Crippen LogP contribution is 2.21. The molecule has 2 aromatic carbocycles. The first-order valence-corrected chi connectivity index (χ1v) is 8.28. The Hall–Kier alpha value is -2.34. The van der Waals surface area contributed by atoms with Gasteiger partial charge in [-0.1, -0.05) is 33.6 Å². The van der Waals surface area contributed by atoms with Crippen LogP contribution in [0.2, 0.25) is 0 Å². The summed E-state index contributed by atoms with van der Waals surface area (Å²) in [5.74, 6) is 0.461. The number of carbonyl (C=O) groups excluding carboxylic acids is 1. The molecule has 1 amide bonds. The quantitative estimate of drug-likeness (QED) is 0.584. The van der Waals surface area contributed by atoms with Gasteiger partial charge in [0.15, 0.2) is 0 Å². The molecule has 0 saturated heterocycles. The first-order chi connectivity index (χ1) is 11.5. The summed E-state index contributed by atoms with van der Waals surface area (Å²) in [5.41, 5.74) is 5.36. The second-order valence-electron chi connectivity index (χ2n) is 5.35. The normalized spacial score (nSPS) is 12.0. The number of methoxy groups -OCH3 is 1. The number of aryl methyl sites for hydroxylation is 1. The number of carbonyl (C=O) groups is 1. The molecule has 0 fully saturated rings. The number of amides is 1. The van der Waals surface area contributed by atoms with Crippen LogP contribution in [0.5, 0.6) is 5.75 Å². The van der Waals surface area contributed by atoms with E-state index in [-0.39, 0.29) is 5.91 Å². The van der Waals surface area contributed by atoms with Crippen molar-refractivity contribution in [1.82, 2.24) is 5.43 Å². The maximum Gasteiger partial charge on any atom is 0.262 e. The summed E-state index contributed by atoms with van der Waals surface area (Å²) < 4.78 is 6.16. The van der Waals surface area contributed by atoms with E-state index in [9.17, 15) is 4.79 Å². The van der Waals surface area contributed by atoms with Gasteiger partial charge in [0.1, 0.15) is 11.8 Å². The predicted molar refractivity (Wildman–Crippen MR) is 101 cm³/mol. The highest BCUT2D eigenvalue weighted by molar-refractivity contribution is 9.10. The molecule has 5 nitrogen and oxygen atoms in total. The van der Waals surface area contributed by atoms with Crippen molar-refractivity contribution in [2.24, 2.45) is 5.10 Å². The Kier molecular flexibility index (Phi) is 6.37. The van der Waals surface area contributed by atoms with E-state index in [2.05, 4.69) is 31.8 Å². The topological polar surface area (TPSA) is 62.7 Å². The number of nitrogens with zero attached hydrogens (tertiary/aromatic N) is 1. The molecule has 0 saturated carbocycles. The van der Waals surface area contributed by atoms with E-state index in [1.807, 2.05) is 49.4 Å². The zero-order valence-electron chi connectivity index (χ0n) is 13.8. The van der Waals surface area contributed by atoms with E-state index in [0.29, 0.717) is 5.75 Å². The van der Waals surface area contributed by atoms with Crippen molar-refractivity contribution in [3.05, 3.63) is 58.1 Å². The number of benzene rings is 2. The van der Waals surface area contributed by atoms with E-state index in [4.69, 9.17) is 4.74 Å². The maximum atomic E-state index is 12.1. The number of hydrogen-bond acceptors (Lipinski definition) is 4. The zero-order chi connectivity index (χ0) is 17.5. The molecule has 6 heteroatoms. The van der Waals surface area contributed by atoms with E-state index in [0.717, 1.165) is 15.7 Å². The Morgan fingerprint density at radius 1 is 1.25 bits per heavy atom. The lowest BCUT2D eigenvalue weighted by molar-refractivity contribution is -0.121. The van der Waals surface area contributed by atoms with Crippen LogP contribution in [0, 0.1) is 6.92 Å². The summed E-state index contributed by atoms with van der Waals surface area (Å²) in [5, 5.41) is 7.13. The second-order valence-corrected chi connectivity index (χ2v) is 6.27. The second kappa shape index (κ2) is 8.49. The molecule has 0 aliphatic carbocycles. The van der Waals surface area contributed by atoms with Crippen LogP contribution in [0.1, 0.15) is 18.1 Å². The largest absolute Gasteiger partial charge is 0.496 e. The van der Waals surface area contributed by atoms with Gasteiger partial charge in [0.05, 0.1) is 13.3 Å². The summed E-state index contributed by atoms with van der Waals surface area (Å²) in [6, 6.07) is 13.0. The minimum atomic E-state index is -0.408. The first kappa shape index (κ1) is 18.0. The van der Waals surface area contributed by atoms with Crippen molar-refractivity contribution < 1.29 is 9.53 Å². The Morgan fingerprint density at radius 3 is 2.62 bits per heavy atom. The SMILES string of the molecule is COc1ccc(Br)cc1C=NNC(=O)C(C)Nc1ccc(C)cc1. The summed E-state index contributed by atoms with van der Waals surface area (Å²) in [6.07, 6.45) is 1.56. The molecule has 0 bridgehead atoms. The monoisotopic (exact) mass is 389 g/mol. The molecule has 0 radical (unpaired) electrons. The molecule has 0 aliphatic rings. The molecule has 126 valence electrons. The van der Waals surface area contributed by atoms with Gasteiger partial charge in [-0.15, -0.1) is 0 Å². The van der Waals surface area contributed by atoms with Gasteiger partial charge in [-0.05, 0) is 44.2 Å². The number of nitrogens with one attached hydrogen (secondary N) is 2. The molecular weight excluding hydrogens is 370 g/mol. The van der Waals surface area contributed by atoms with E-state index in [1.165, 1.54) is 5.56 Å². The number of halogens is 1. The summed E-state index contributed by atoms with van der Waals surface area (Å²) in [7, 11) is 1.59. The molecule has 1 atom stereocenters. The summed E-state index contributed by atoms with van der Waals surface area (Å²) >= 11 is 3.40. The van der Waals surface area contributed by atoms with Gasteiger partial charge in [-0.25, -0.2) is 5.43 Å². The number of anilines is 1. The highest BCUT2D eigenvalue weighted by atomic mass is 79.9. The fourth-order valence-electron chi connectivity index (χ4n) is 2.03. The van der Waals surface area contributed by atoms with Crippen molar-refractivity contribution >= 4 is 33.7 Å². The average Bonchev–Trinajstić information content (AvgIpc) is 2.57. The van der Waals surface area contributed by atoms with Crippen LogP contribution in [0.4, 0.5) is 5.69 Å². The lowest BCUT2D eigenvalue weighted by Gasteiger charge is -2.13. The van der Waals surface area contributed by atoms with Gasteiger partial charge in [0.25, 0.3) is 5.91 Å². The Balaban J connectivity index is 1.94. The molecule has 0 heterocycles. The van der Waals surface area contributed by atoms with Crippen LogP contribution < -0.4 is 15.5 Å². The van der Waals surface area contributed by atoms with Crippen LogP contribution in [0.25, 0.3) is 0 Å². The maximum absolute atomic E-state index is 12.1. The summed E-state index contributed by atoms with van der Waals surface area (Å²) in [4.78, 5) is 12.1. The van der Waals surface area contributed by atoms with Gasteiger partial charge in [0.2, 0.25) is 0 Å². The fourth-order valence-corrected chi connectivity index (χ4v) is 2.41. The number of rotatable bonds is 6. The molecule has 24 heavy (non-hydrogen) atoms. The lowest BCUT2D eigenvalue weighted by atomic mass is 10.2. The first-order valence-electron chi connectivity index (χ1n) is 7.49. The lowest BCUT2D eigenvalue weighted by Crippen LogP contribution is -2.34. The number of hydrazone groups is 1. The number of ether oxygens (including phenoxy) is 1. The van der Waals surface area contributed by atoms with Crippen LogP contribution in [0.3, 0.4) is 0 Å². The van der Waals surface area contributed by atoms with Crippen molar-refractivity contribution in [1.29, 1.82) is 0 Å². The van der Waals surface area contributed by atoms with Crippen LogP contribution in [-0.4, -0.2) is 25.3 Å². The molecule has 0 spiro atoms. The van der Waals surface area contributed by atoms with E-state index >= 15 is 0 Å². The van der Waals surface area contributed by atoms with E-state index < -0.39 is 6.04 Å². The molecular formula is C18H20BrN3O2. The van der Waals surface area contributed by atoms with Crippen molar-refractivity contribution in [3.63, 3.8) is 0 Å². The molecule has 2 rings (SSSR count). The van der Waals surface area contributed by atoms with Crippen molar-refractivity contribution in [2.45, 2.75) is 19.9 Å². The standard InChI is InChI=1S/C18H20BrN3O2/c1-12-4-7-16(8-5-12)21-13(2)18(23)22-20-11-14-10-15(19)6-9-17(14)24-3/h4-11,13,21H,1-3H3,(H,22,23). The van der Waals surface area contributed by atoms with E-state index in [1.54, 1.807) is 20.2 Å². The van der Waals surface area contributed by atoms with Crippen LogP contribution >= 0.6 is 15.9 Å². The smallest absolute Gasteiger partial charge is 0.262 e. The van der Waals surface area contributed by atoms with Crippen molar-refractivity contribution in [2.75, 3.05) is 12.4 Å². The Morgan fingerprint density at radius 2 is 1.96 bits per heavy atom. The van der Waals surface area contributed by atoms with Gasteiger partial charge in [-0.2, -0.15) is 5.10 Å². The third kappa shape index (κ3) is 5.09. The van der Waals surface area contributed by atoms with Crippen molar-refractivity contribution in [3.8, 4) is 5.75 Å². The third-order valence-electron chi connectivity index (χ3n) is 3.40. The molecule has 2 N–H and O–H groups in total. The minimum Gasteiger partial charge on any atom is -0.496 e.